The summed E-state index contributed by atoms with van der Waals surface area (Å²) in [4.78, 5) is 85.1. The van der Waals surface area contributed by atoms with Crippen molar-refractivity contribution in [1.82, 2.24) is 0 Å². The minimum atomic E-state index is -0.0498. The van der Waals surface area contributed by atoms with Crippen LogP contribution < -0.4 is 33.2 Å². The highest BCUT2D eigenvalue weighted by molar-refractivity contribution is 6.19. The van der Waals surface area contributed by atoms with Crippen molar-refractivity contribution >= 4 is 89.1 Å². The Morgan fingerprint density at radius 1 is 0.209 bits per heavy atom. The average molecular weight is 1690 g/mol. The van der Waals surface area contributed by atoms with Gasteiger partial charge in [-0.3, -0.25) is 33.6 Å². The zero-order chi connectivity index (χ0) is 89.6. The molecule has 1 aliphatic carbocycles. The van der Waals surface area contributed by atoms with E-state index in [1.54, 1.807) is 66.8 Å². The Hall–Kier alpha value is -16.7. The molecule has 14 aromatic carbocycles. The standard InChI is InChI=1S/C18H12O2.C17H14O2.5C16H12O2/c19-18-15-8-1-2-10-16(15)20-17(18)11-13-7-3-5-12-6-4-9-14(12)13;1-11-7-8-15-14(9-11)17(18)16(19-15)10-13-6-4-3-5-12(13)2;2*1-11-5-4-6-12(9-11)10-15-16(17)13-7-2-3-8-14(13)18-15;2*1-11-6-2-3-7-12(11)10-15-16(17)13-8-4-5-9-14(13)18-15;1-11-6-8-12(9-7-11)10-15-16(17)13-4-2-3-5-14(13)18-15/h1-5,7-11H,6H2;3-10H,1-2H3;5*2-10H,1H3/b17-11-;16-10-;5*15-10-. The maximum Gasteiger partial charge on any atom is 0.231 e. The van der Waals surface area contributed by atoms with Crippen molar-refractivity contribution in [2.45, 2.75) is 54.9 Å². The molecule has 0 bridgehead atoms. The minimum absolute atomic E-state index is 0.0399. The van der Waals surface area contributed by atoms with E-state index in [0.29, 0.717) is 120 Å². The van der Waals surface area contributed by atoms with Crippen molar-refractivity contribution in [2.24, 2.45) is 0 Å². The number of Topliss-reactive ketones (excluding diaryl/α,β-unsaturated/α-hetero) is 7. The lowest BCUT2D eigenvalue weighted by atomic mass is 10.0. The highest BCUT2D eigenvalue weighted by atomic mass is 16.5. The van der Waals surface area contributed by atoms with Gasteiger partial charge >= 0.3 is 0 Å². The Balaban J connectivity index is 0.000000110. The van der Waals surface area contributed by atoms with Gasteiger partial charge in [-0.05, 0) is 249 Å². The molecule has 14 nitrogen and oxygen atoms in total. The third-order valence-electron chi connectivity index (χ3n) is 21.9. The number of fused-ring (bicyclic) bond motifs is 8. The fraction of sp³-hybridized carbons (Fsp3) is 0.0696. The maximum absolute atomic E-state index is 12.3. The van der Waals surface area contributed by atoms with E-state index in [-0.39, 0.29) is 40.5 Å². The molecule has 7 heterocycles. The van der Waals surface area contributed by atoms with Gasteiger partial charge in [0, 0.05) is 0 Å². The molecule has 0 aromatic heterocycles. The van der Waals surface area contributed by atoms with E-state index in [9.17, 15) is 33.6 Å². The molecule has 8 aliphatic rings. The number of para-hydroxylation sites is 6. The highest BCUT2D eigenvalue weighted by Crippen LogP contribution is 2.40. The molecule has 0 radical (unpaired) electrons. The maximum atomic E-state index is 12.3. The van der Waals surface area contributed by atoms with Crippen LogP contribution in [0.25, 0.3) is 48.6 Å². The van der Waals surface area contributed by atoms with E-state index >= 15 is 0 Å². The lowest BCUT2D eigenvalue weighted by molar-refractivity contribution is 0.101. The molecule has 129 heavy (non-hydrogen) atoms. The van der Waals surface area contributed by atoms with Gasteiger partial charge in [0.2, 0.25) is 40.5 Å². The quantitative estimate of drug-likeness (QED) is 0.137. The molecule has 630 valence electrons. The largest absolute Gasteiger partial charge is 0.452 e. The van der Waals surface area contributed by atoms with Gasteiger partial charge < -0.3 is 33.2 Å². The third-order valence-corrected chi connectivity index (χ3v) is 21.9. The van der Waals surface area contributed by atoms with Gasteiger partial charge in [0.25, 0.3) is 0 Å². The van der Waals surface area contributed by atoms with Crippen LogP contribution in [0.1, 0.15) is 162 Å². The number of hydrogen-bond donors (Lipinski definition) is 0. The first-order valence-corrected chi connectivity index (χ1v) is 42.1. The minimum Gasteiger partial charge on any atom is -0.452 e. The van der Waals surface area contributed by atoms with Crippen LogP contribution in [0.3, 0.4) is 0 Å². The third kappa shape index (κ3) is 20.1. The second-order valence-electron chi connectivity index (χ2n) is 31.4. The van der Waals surface area contributed by atoms with Crippen molar-refractivity contribution in [3.8, 4) is 40.2 Å². The van der Waals surface area contributed by atoms with Crippen LogP contribution in [0.4, 0.5) is 0 Å². The number of carbonyl (C=O) groups excluding carboxylic acids is 7. The van der Waals surface area contributed by atoms with Crippen LogP contribution in [0.15, 0.2) is 374 Å². The molecule has 0 saturated heterocycles. The van der Waals surface area contributed by atoms with E-state index in [2.05, 4.69) is 18.2 Å². The summed E-state index contributed by atoms with van der Waals surface area (Å²) in [5, 5.41) is 0. The number of aryl methyl sites for hydroxylation is 7. The second kappa shape index (κ2) is 39.0. The van der Waals surface area contributed by atoms with Gasteiger partial charge in [-0.15, -0.1) is 0 Å². The zero-order valence-electron chi connectivity index (χ0n) is 71.8. The first-order chi connectivity index (χ1) is 62.7. The molecule has 14 aromatic rings. The Labute approximate surface area is 748 Å². The van der Waals surface area contributed by atoms with Gasteiger partial charge in [0.1, 0.15) is 40.2 Å². The summed E-state index contributed by atoms with van der Waals surface area (Å²) in [6.07, 6.45) is 17.8. The number of rotatable bonds is 7. The van der Waals surface area contributed by atoms with E-state index < -0.39 is 0 Å². The molecule has 0 N–H and O–H groups in total. The number of ketones is 7. The molecule has 7 aliphatic heterocycles. The van der Waals surface area contributed by atoms with Gasteiger partial charge in [-0.2, -0.15) is 0 Å². The van der Waals surface area contributed by atoms with E-state index in [0.717, 1.165) is 78.7 Å². The molecule has 0 fully saturated rings. The van der Waals surface area contributed by atoms with Gasteiger partial charge in [0.15, 0.2) is 40.3 Å². The predicted molar refractivity (Wildman–Crippen MR) is 507 cm³/mol. The molecule has 0 spiro atoms. The number of ether oxygens (including phenoxy) is 7. The Morgan fingerprint density at radius 2 is 0.473 bits per heavy atom. The van der Waals surface area contributed by atoms with Crippen molar-refractivity contribution < 1.29 is 66.7 Å². The van der Waals surface area contributed by atoms with E-state index in [1.165, 1.54) is 16.7 Å². The van der Waals surface area contributed by atoms with Gasteiger partial charge in [-0.25, -0.2) is 0 Å². The molecule has 22 rings (SSSR count). The summed E-state index contributed by atoms with van der Waals surface area (Å²) in [5.41, 5.74) is 21.9. The Bertz CT molecular complexity index is 6860. The fourth-order valence-electron chi connectivity index (χ4n) is 15.0. The lowest BCUT2D eigenvalue weighted by Gasteiger charge is -2.04. The smallest absolute Gasteiger partial charge is 0.231 e. The van der Waals surface area contributed by atoms with Crippen LogP contribution in [0.5, 0.6) is 40.2 Å². The second-order valence-corrected chi connectivity index (χ2v) is 31.4. The summed E-state index contributed by atoms with van der Waals surface area (Å²) in [6.45, 7) is 14.1. The normalized spacial score (nSPS) is 15.8. The number of benzene rings is 14. The fourth-order valence-corrected chi connectivity index (χ4v) is 15.0. The first kappa shape index (κ1) is 85.8. The van der Waals surface area contributed by atoms with Crippen molar-refractivity contribution in [3.05, 3.63) is 502 Å². The van der Waals surface area contributed by atoms with Gasteiger partial charge in [-0.1, -0.05) is 277 Å². The number of allylic oxidation sites excluding steroid dienone is 8. The SMILES string of the molecule is Cc1ccc(/C=C2\Oc3ccccc3C2=O)cc1.Cc1ccc2c(c1)C(=O)/C(=C/c1ccccc1C)O2.Cc1cccc(/C=C2\Oc3ccccc3C2=O)c1.Cc1cccc(/C=C2\Oc3ccccc3C2=O)c1.Cc1ccccc1/C=C1\Oc2ccccc2C1=O.Cc1ccccc1/C=C1\Oc2ccccc2C1=O.O=C1/C(=C/c2cccc3c2C=CC3)Oc2ccccc21. The molecule has 0 amide bonds. The highest BCUT2D eigenvalue weighted by Gasteiger charge is 2.33. The van der Waals surface area contributed by atoms with Crippen LogP contribution in [0, 0.1) is 48.5 Å². The van der Waals surface area contributed by atoms with E-state index in [1.807, 2.05) is 346 Å². The van der Waals surface area contributed by atoms with Crippen LogP contribution in [-0.2, 0) is 6.42 Å². The number of hydrogen-bond acceptors (Lipinski definition) is 14. The zero-order valence-corrected chi connectivity index (χ0v) is 71.8. The van der Waals surface area contributed by atoms with Gasteiger partial charge in [0.05, 0.1) is 38.9 Å². The summed E-state index contributed by atoms with van der Waals surface area (Å²) in [7, 11) is 0. The molecule has 0 unspecified atom stereocenters. The molecular weight excluding hydrogens is 1610 g/mol. The molecule has 0 saturated carbocycles. The topological polar surface area (TPSA) is 184 Å². The van der Waals surface area contributed by atoms with Crippen molar-refractivity contribution in [1.29, 1.82) is 0 Å². The summed E-state index contributed by atoms with van der Waals surface area (Å²) < 4.78 is 39.2. The first-order valence-electron chi connectivity index (χ1n) is 42.1. The summed E-state index contributed by atoms with van der Waals surface area (Å²) in [6, 6.07) is 103. The predicted octanol–water partition coefficient (Wildman–Crippen LogP) is 25.8. The summed E-state index contributed by atoms with van der Waals surface area (Å²) >= 11 is 0. The average Bonchev–Trinajstić information content (AvgIpc) is 1.67. The Kier molecular flexibility index (Phi) is 26.0. The molecule has 14 heteroatoms. The number of carbonyl (C=O) groups is 7. The van der Waals surface area contributed by atoms with Crippen molar-refractivity contribution in [2.75, 3.05) is 0 Å². The van der Waals surface area contributed by atoms with Crippen LogP contribution >= 0.6 is 0 Å². The monoisotopic (exact) mass is 1690 g/mol. The van der Waals surface area contributed by atoms with Crippen LogP contribution in [-0.4, -0.2) is 40.5 Å². The molecule has 0 atom stereocenters. The van der Waals surface area contributed by atoms with Crippen molar-refractivity contribution in [3.63, 3.8) is 0 Å². The lowest BCUT2D eigenvalue weighted by Crippen LogP contribution is -1.98. The summed E-state index contributed by atoms with van der Waals surface area (Å²) in [5.74, 6) is 6.93. The van der Waals surface area contributed by atoms with E-state index in [4.69, 9.17) is 33.2 Å². The van der Waals surface area contributed by atoms with Crippen LogP contribution in [0.2, 0.25) is 0 Å². The molecular formula is C115H86O14. The Morgan fingerprint density at radius 3 is 0.806 bits per heavy atom.